The first-order valence-corrected chi connectivity index (χ1v) is 6.58. The van der Waals surface area contributed by atoms with Gasteiger partial charge >= 0.3 is 0 Å². The highest BCUT2D eigenvalue weighted by Gasteiger charge is 2.35. The Bertz CT molecular complexity index is 148. The third kappa shape index (κ3) is 4.14. The van der Waals surface area contributed by atoms with Crippen molar-refractivity contribution >= 4 is 0 Å². The lowest BCUT2D eigenvalue weighted by molar-refractivity contribution is -0.971. The maximum atomic E-state index is 2.38. The molecule has 15 heavy (non-hydrogen) atoms. The molecule has 0 aromatic rings. The van der Waals surface area contributed by atoms with Gasteiger partial charge in [-0.1, -0.05) is 27.7 Å². The van der Waals surface area contributed by atoms with Crippen molar-refractivity contribution in [1.29, 1.82) is 0 Å². The monoisotopic (exact) mass is 214 g/mol. The summed E-state index contributed by atoms with van der Waals surface area (Å²) < 4.78 is 1.27. The van der Waals surface area contributed by atoms with Gasteiger partial charge in [-0.25, -0.2) is 0 Å². The standard InChI is InChI=1S/C14H32N/c1-11(2)9-15(13(5)6,14(7)8)10-12(3)4/h11-14H,9-10H2,1-8H3/q+1. The zero-order valence-corrected chi connectivity index (χ0v) is 12.2. The maximum Gasteiger partial charge on any atom is 0.0835 e. The molecular formula is C14H32N+. The maximum absolute atomic E-state index is 2.38. The molecule has 0 atom stereocenters. The molecule has 0 aromatic carbocycles. The second kappa shape index (κ2) is 5.89. The molecule has 0 bridgehead atoms. The van der Waals surface area contributed by atoms with Gasteiger partial charge in [0.05, 0.1) is 25.2 Å². The van der Waals surface area contributed by atoms with Crippen LogP contribution in [0.5, 0.6) is 0 Å². The van der Waals surface area contributed by atoms with Crippen LogP contribution in [0.15, 0.2) is 0 Å². The summed E-state index contributed by atoms with van der Waals surface area (Å²) >= 11 is 0. The minimum Gasteiger partial charge on any atom is -0.319 e. The molecule has 1 heteroatoms. The average molecular weight is 214 g/mol. The Hall–Kier alpha value is -0.0400. The topological polar surface area (TPSA) is 0 Å². The van der Waals surface area contributed by atoms with Crippen LogP contribution in [0.3, 0.4) is 0 Å². The molecule has 0 aromatic heterocycles. The third-order valence-electron chi connectivity index (χ3n) is 3.47. The Morgan fingerprint density at radius 3 is 1.00 bits per heavy atom. The van der Waals surface area contributed by atoms with Crippen LogP contribution in [-0.2, 0) is 0 Å². The smallest absolute Gasteiger partial charge is 0.0835 e. The van der Waals surface area contributed by atoms with Gasteiger partial charge in [0.2, 0.25) is 0 Å². The Kier molecular flexibility index (Phi) is 5.87. The van der Waals surface area contributed by atoms with Crippen molar-refractivity contribution in [1.82, 2.24) is 0 Å². The highest BCUT2D eigenvalue weighted by atomic mass is 15.4. The molecule has 0 unspecified atom stereocenters. The minimum atomic E-state index is 0.731. The summed E-state index contributed by atoms with van der Waals surface area (Å²) in [4.78, 5) is 0. The van der Waals surface area contributed by atoms with Gasteiger partial charge in [0, 0.05) is 11.8 Å². The number of hydrogen-bond donors (Lipinski definition) is 0. The normalized spacial score (nSPS) is 13.6. The molecule has 0 aliphatic rings. The largest absolute Gasteiger partial charge is 0.319 e. The van der Waals surface area contributed by atoms with E-state index in [1.165, 1.54) is 17.6 Å². The molecule has 1 nitrogen and oxygen atoms in total. The van der Waals surface area contributed by atoms with E-state index in [-0.39, 0.29) is 0 Å². The van der Waals surface area contributed by atoms with Gasteiger partial charge in [-0.15, -0.1) is 0 Å². The zero-order chi connectivity index (χ0) is 12.2. The van der Waals surface area contributed by atoms with E-state index in [9.17, 15) is 0 Å². The van der Waals surface area contributed by atoms with Gasteiger partial charge in [-0.2, -0.15) is 0 Å². The second-order valence-corrected chi connectivity index (χ2v) is 6.44. The summed E-state index contributed by atoms with van der Waals surface area (Å²) in [5, 5.41) is 0. The SMILES string of the molecule is CC(C)C[N+](CC(C)C)(C(C)C)C(C)C. The summed E-state index contributed by atoms with van der Waals surface area (Å²) in [5.74, 6) is 1.57. The molecule has 0 saturated carbocycles. The number of hydrogen-bond acceptors (Lipinski definition) is 0. The van der Waals surface area contributed by atoms with Gasteiger partial charge in [0.1, 0.15) is 0 Å². The summed E-state index contributed by atoms with van der Waals surface area (Å²) in [6.45, 7) is 21.5. The quantitative estimate of drug-likeness (QED) is 0.588. The van der Waals surface area contributed by atoms with Crippen molar-refractivity contribution in [3.05, 3.63) is 0 Å². The van der Waals surface area contributed by atoms with Gasteiger partial charge in [-0.05, 0) is 27.7 Å². The molecule has 0 spiro atoms. The number of rotatable bonds is 6. The number of quaternary nitrogens is 1. The Morgan fingerprint density at radius 1 is 0.600 bits per heavy atom. The van der Waals surface area contributed by atoms with Crippen molar-refractivity contribution in [2.24, 2.45) is 11.8 Å². The first-order valence-electron chi connectivity index (χ1n) is 6.58. The van der Waals surface area contributed by atoms with E-state index in [2.05, 4.69) is 55.4 Å². The van der Waals surface area contributed by atoms with Crippen LogP contribution < -0.4 is 0 Å². The van der Waals surface area contributed by atoms with E-state index >= 15 is 0 Å². The highest BCUT2D eigenvalue weighted by molar-refractivity contribution is 4.59. The highest BCUT2D eigenvalue weighted by Crippen LogP contribution is 2.24. The minimum absolute atomic E-state index is 0.731. The van der Waals surface area contributed by atoms with E-state index < -0.39 is 0 Å². The summed E-state index contributed by atoms with van der Waals surface area (Å²) in [6, 6.07) is 1.46. The van der Waals surface area contributed by atoms with Crippen LogP contribution in [0.25, 0.3) is 0 Å². The molecule has 0 amide bonds. The van der Waals surface area contributed by atoms with Crippen LogP contribution in [0.1, 0.15) is 55.4 Å². The van der Waals surface area contributed by atoms with Crippen molar-refractivity contribution in [2.75, 3.05) is 13.1 Å². The van der Waals surface area contributed by atoms with E-state index in [4.69, 9.17) is 0 Å². The van der Waals surface area contributed by atoms with Crippen molar-refractivity contribution in [3.8, 4) is 0 Å². The average Bonchev–Trinajstić information content (AvgIpc) is 1.99. The third-order valence-corrected chi connectivity index (χ3v) is 3.47. The Morgan fingerprint density at radius 2 is 0.867 bits per heavy atom. The fourth-order valence-electron chi connectivity index (χ4n) is 2.87. The summed E-state index contributed by atoms with van der Waals surface area (Å²) in [5.41, 5.74) is 0. The van der Waals surface area contributed by atoms with E-state index in [1.54, 1.807) is 0 Å². The molecule has 92 valence electrons. The van der Waals surface area contributed by atoms with Gasteiger partial charge in [0.25, 0.3) is 0 Å². The summed E-state index contributed by atoms with van der Waals surface area (Å²) in [6.07, 6.45) is 0. The molecule has 0 aliphatic carbocycles. The zero-order valence-electron chi connectivity index (χ0n) is 12.2. The van der Waals surface area contributed by atoms with Crippen LogP contribution >= 0.6 is 0 Å². The molecule has 0 N–H and O–H groups in total. The molecule has 0 rings (SSSR count). The fraction of sp³-hybridized carbons (Fsp3) is 1.00. The first kappa shape index (κ1) is 15.0. The van der Waals surface area contributed by atoms with Gasteiger partial charge < -0.3 is 4.48 Å². The molecular weight excluding hydrogens is 182 g/mol. The predicted molar refractivity (Wildman–Crippen MR) is 69.9 cm³/mol. The van der Waals surface area contributed by atoms with Crippen LogP contribution in [0.4, 0.5) is 0 Å². The van der Waals surface area contributed by atoms with Crippen LogP contribution in [0.2, 0.25) is 0 Å². The molecule has 0 aliphatic heterocycles. The molecule has 0 radical (unpaired) electrons. The Balaban J connectivity index is 4.90. The van der Waals surface area contributed by atoms with E-state index in [0.717, 1.165) is 23.9 Å². The molecule has 0 heterocycles. The van der Waals surface area contributed by atoms with E-state index in [0.29, 0.717) is 0 Å². The lowest BCUT2D eigenvalue weighted by atomic mass is 10.0. The van der Waals surface area contributed by atoms with Gasteiger partial charge in [-0.3, -0.25) is 0 Å². The fourth-order valence-corrected chi connectivity index (χ4v) is 2.87. The van der Waals surface area contributed by atoms with Crippen LogP contribution in [-0.4, -0.2) is 29.7 Å². The molecule has 0 fully saturated rings. The van der Waals surface area contributed by atoms with E-state index in [1.807, 2.05) is 0 Å². The summed E-state index contributed by atoms with van der Waals surface area (Å²) in [7, 11) is 0. The van der Waals surface area contributed by atoms with Crippen molar-refractivity contribution in [2.45, 2.75) is 67.5 Å². The Labute approximate surface area is 97.5 Å². The lowest BCUT2D eigenvalue weighted by Crippen LogP contribution is -2.60. The van der Waals surface area contributed by atoms with Crippen LogP contribution in [0, 0.1) is 11.8 Å². The first-order chi connectivity index (χ1) is 6.72. The molecule has 0 saturated heterocycles. The lowest BCUT2D eigenvalue weighted by Gasteiger charge is -2.48. The van der Waals surface area contributed by atoms with Crippen molar-refractivity contribution < 1.29 is 4.48 Å². The second-order valence-electron chi connectivity index (χ2n) is 6.44. The predicted octanol–water partition coefficient (Wildman–Crippen LogP) is 3.93. The van der Waals surface area contributed by atoms with Gasteiger partial charge in [0.15, 0.2) is 0 Å². The van der Waals surface area contributed by atoms with Crippen molar-refractivity contribution in [3.63, 3.8) is 0 Å². The number of nitrogens with zero attached hydrogens (tertiary/aromatic N) is 1.